The van der Waals surface area contributed by atoms with Crippen LogP contribution in [-0.4, -0.2) is 27.3 Å². The van der Waals surface area contributed by atoms with Crippen molar-refractivity contribution >= 4 is 11.6 Å². The van der Waals surface area contributed by atoms with Gasteiger partial charge in [0, 0.05) is 19.2 Å². The number of carbonyl (C=O) groups excluding carboxylic acids is 1. The molecular formula is C14H15N3O5. The summed E-state index contributed by atoms with van der Waals surface area (Å²) in [5.74, 6) is 1.02. The van der Waals surface area contributed by atoms with E-state index >= 15 is 0 Å². The van der Waals surface area contributed by atoms with E-state index in [1.807, 2.05) is 0 Å². The molecule has 0 saturated carbocycles. The summed E-state index contributed by atoms with van der Waals surface area (Å²) in [6.45, 7) is 1.79. The van der Waals surface area contributed by atoms with Crippen LogP contribution in [-0.2, 0) is 17.9 Å². The molecule has 0 aliphatic carbocycles. The molecule has 0 aliphatic heterocycles. The lowest BCUT2D eigenvalue weighted by Gasteiger charge is -2.16. The highest BCUT2D eigenvalue weighted by atomic mass is 16.6. The zero-order valence-electron chi connectivity index (χ0n) is 12.2. The molecule has 2 rings (SSSR count). The second-order valence-corrected chi connectivity index (χ2v) is 4.87. The van der Waals surface area contributed by atoms with Gasteiger partial charge in [-0.1, -0.05) is 0 Å². The second-order valence-electron chi connectivity index (χ2n) is 4.87. The Labute approximate surface area is 125 Å². The second kappa shape index (κ2) is 6.25. The summed E-state index contributed by atoms with van der Waals surface area (Å²) in [6, 6.07) is 5.73. The molecule has 0 bridgehead atoms. The van der Waals surface area contributed by atoms with Crippen LogP contribution in [0.2, 0.25) is 0 Å². The van der Waals surface area contributed by atoms with Crippen LogP contribution in [0.3, 0.4) is 0 Å². The zero-order chi connectivity index (χ0) is 16.3. The topological polar surface area (TPSA) is 98.6 Å². The average Bonchev–Trinajstić information content (AvgIpc) is 2.86. The van der Waals surface area contributed by atoms with Gasteiger partial charge in [-0.3, -0.25) is 24.3 Å². The van der Waals surface area contributed by atoms with Crippen molar-refractivity contribution in [2.75, 3.05) is 7.05 Å². The highest BCUT2D eigenvalue weighted by Gasteiger charge is 2.14. The molecule has 2 aromatic rings. The van der Waals surface area contributed by atoms with Crippen LogP contribution >= 0.6 is 0 Å². The van der Waals surface area contributed by atoms with Gasteiger partial charge >= 0.3 is 0 Å². The summed E-state index contributed by atoms with van der Waals surface area (Å²) in [7, 11) is 1.57. The Hall–Kier alpha value is -2.90. The highest BCUT2D eigenvalue weighted by Crippen LogP contribution is 2.10. The Balaban J connectivity index is 2.09. The monoisotopic (exact) mass is 305 g/mol. The molecule has 0 fully saturated rings. The van der Waals surface area contributed by atoms with Crippen LogP contribution in [0.25, 0.3) is 0 Å². The number of furan rings is 1. The van der Waals surface area contributed by atoms with E-state index in [1.54, 1.807) is 26.1 Å². The Morgan fingerprint density at radius 2 is 2.09 bits per heavy atom. The Bertz CT molecular complexity index is 762. The molecule has 8 nitrogen and oxygen atoms in total. The maximum absolute atomic E-state index is 12.1. The molecule has 116 valence electrons. The smallest absolute Gasteiger partial charge is 0.285 e. The van der Waals surface area contributed by atoms with Crippen molar-refractivity contribution in [3.8, 4) is 0 Å². The minimum Gasteiger partial charge on any atom is -0.464 e. The fourth-order valence-electron chi connectivity index (χ4n) is 1.91. The number of carbonyl (C=O) groups is 1. The molecule has 8 heteroatoms. The largest absolute Gasteiger partial charge is 0.464 e. The van der Waals surface area contributed by atoms with E-state index in [-0.39, 0.29) is 24.7 Å². The van der Waals surface area contributed by atoms with E-state index in [9.17, 15) is 19.7 Å². The molecule has 0 spiro atoms. The standard InChI is InChI=1S/C14H15N3O5/c1-10-3-5-12(22-10)8-15(2)14(19)9-16-7-11(17(20)21)4-6-13(16)18/h3-7H,8-9H2,1-2H3. The summed E-state index contributed by atoms with van der Waals surface area (Å²) in [5, 5.41) is 10.7. The van der Waals surface area contributed by atoms with Crippen molar-refractivity contribution < 1.29 is 14.1 Å². The Morgan fingerprint density at radius 3 is 2.68 bits per heavy atom. The van der Waals surface area contributed by atoms with Crippen LogP contribution in [0, 0.1) is 17.0 Å². The number of pyridine rings is 1. The van der Waals surface area contributed by atoms with Crippen molar-refractivity contribution in [1.29, 1.82) is 0 Å². The van der Waals surface area contributed by atoms with Crippen molar-refractivity contribution in [3.63, 3.8) is 0 Å². The number of aryl methyl sites for hydroxylation is 1. The number of hydrogen-bond acceptors (Lipinski definition) is 5. The Kier molecular flexibility index (Phi) is 4.40. The maximum atomic E-state index is 12.1. The van der Waals surface area contributed by atoms with Crippen LogP contribution < -0.4 is 5.56 Å². The Morgan fingerprint density at radius 1 is 1.36 bits per heavy atom. The summed E-state index contributed by atoms with van der Waals surface area (Å²) in [6.07, 6.45) is 1.06. The van der Waals surface area contributed by atoms with Gasteiger partial charge < -0.3 is 9.32 Å². The van der Waals surface area contributed by atoms with Gasteiger partial charge in [0.15, 0.2) is 0 Å². The number of amides is 1. The van der Waals surface area contributed by atoms with Gasteiger partial charge in [0.2, 0.25) is 5.91 Å². The van der Waals surface area contributed by atoms with Crippen molar-refractivity contribution in [2.24, 2.45) is 0 Å². The predicted molar refractivity (Wildman–Crippen MR) is 77.3 cm³/mol. The number of likely N-dealkylation sites (N-methyl/N-ethyl adjacent to an activating group) is 1. The molecule has 0 radical (unpaired) electrons. The van der Waals surface area contributed by atoms with Crippen molar-refractivity contribution in [1.82, 2.24) is 9.47 Å². The molecule has 1 amide bonds. The van der Waals surface area contributed by atoms with E-state index in [2.05, 4.69) is 0 Å². The van der Waals surface area contributed by atoms with Crippen LogP contribution in [0.15, 0.2) is 39.7 Å². The van der Waals surface area contributed by atoms with Crippen molar-refractivity contribution in [2.45, 2.75) is 20.0 Å². The fraction of sp³-hybridized carbons (Fsp3) is 0.286. The minimum absolute atomic E-state index is 0.239. The van der Waals surface area contributed by atoms with Crippen LogP contribution in [0.5, 0.6) is 0 Å². The highest BCUT2D eigenvalue weighted by molar-refractivity contribution is 5.75. The first-order valence-electron chi connectivity index (χ1n) is 6.51. The third-order valence-corrected chi connectivity index (χ3v) is 3.10. The molecule has 0 unspecified atom stereocenters. The van der Waals surface area contributed by atoms with Gasteiger partial charge in [-0.25, -0.2) is 0 Å². The molecule has 0 aromatic carbocycles. The lowest BCUT2D eigenvalue weighted by atomic mass is 10.3. The molecule has 22 heavy (non-hydrogen) atoms. The van der Waals surface area contributed by atoms with Gasteiger partial charge in [0.25, 0.3) is 11.2 Å². The number of rotatable bonds is 5. The lowest BCUT2D eigenvalue weighted by Crippen LogP contribution is -2.33. The number of aromatic nitrogens is 1. The number of nitrogens with zero attached hydrogens (tertiary/aromatic N) is 3. The first-order chi connectivity index (χ1) is 10.4. The van der Waals surface area contributed by atoms with E-state index in [4.69, 9.17) is 4.42 Å². The number of hydrogen-bond donors (Lipinski definition) is 0. The van der Waals surface area contributed by atoms with Gasteiger partial charge in [-0.2, -0.15) is 0 Å². The summed E-state index contributed by atoms with van der Waals surface area (Å²) in [4.78, 5) is 35.3. The number of nitro groups is 1. The fourth-order valence-corrected chi connectivity index (χ4v) is 1.91. The van der Waals surface area contributed by atoms with Gasteiger partial charge in [0.05, 0.1) is 17.7 Å². The van der Waals surface area contributed by atoms with Crippen molar-refractivity contribution in [3.05, 3.63) is 62.5 Å². The molecule has 0 atom stereocenters. The van der Waals surface area contributed by atoms with E-state index in [1.165, 1.54) is 4.90 Å². The van der Waals surface area contributed by atoms with E-state index < -0.39 is 10.5 Å². The third kappa shape index (κ3) is 3.60. The van der Waals surface area contributed by atoms with Gasteiger partial charge in [-0.05, 0) is 19.1 Å². The lowest BCUT2D eigenvalue weighted by molar-refractivity contribution is -0.385. The van der Waals surface area contributed by atoms with E-state index in [0.29, 0.717) is 5.76 Å². The molecule has 0 saturated heterocycles. The predicted octanol–water partition coefficient (Wildman–Crippen LogP) is 1.32. The first kappa shape index (κ1) is 15.5. The minimum atomic E-state index is -0.615. The first-order valence-corrected chi connectivity index (χ1v) is 6.51. The summed E-state index contributed by atoms with van der Waals surface area (Å²) < 4.78 is 6.40. The molecule has 2 heterocycles. The molecule has 0 aliphatic rings. The SMILES string of the molecule is Cc1ccc(CN(C)C(=O)Cn2cc([N+](=O)[O-])ccc2=O)o1. The maximum Gasteiger partial charge on any atom is 0.285 e. The summed E-state index contributed by atoms with van der Waals surface area (Å²) in [5.41, 5.74) is -0.710. The molecular weight excluding hydrogens is 290 g/mol. The molecule has 2 aromatic heterocycles. The molecule has 0 N–H and O–H groups in total. The average molecular weight is 305 g/mol. The third-order valence-electron chi connectivity index (χ3n) is 3.10. The van der Waals surface area contributed by atoms with Crippen LogP contribution in [0.1, 0.15) is 11.5 Å². The van der Waals surface area contributed by atoms with E-state index in [0.717, 1.165) is 28.7 Å². The zero-order valence-corrected chi connectivity index (χ0v) is 12.2. The normalized spacial score (nSPS) is 10.5. The quantitative estimate of drug-likeness (QED) is 0.612. The van der Waals surface area contributed by atoms with Gasteiger partial charge in [0.1, 0.15) is 18.1 Å². The van der Waals surface area contributed by atoms with Crippen LogP contribution in [0.4, 0.5) is 5.69 Å². The van der Waals surface area contributed by atoms with Gasteiger partial charge in [-0.15, -0.1) is 0 Å². The summed E-state index contributed by atoms with van der Waals surface area (Å²) >= 11 is 0.